The van der Waals surface area contributed by atoms with Crippen LogP contribution in [0, 0.1) is 23.7 Å². The molecule has 31 heavy (non-hydrogen) atoms. The number of hydrogen-bond acceptors (Lipinski definition) is 4. The minimum Gasteiger partial charge on any atom is -0.478 e. The molecule has 5 rings (SSSR count). The van der Waals surface area contributed by atoms with E-state index in [4.69, 9.17) is 0 Å². The molecule has 1 aliphatic heterocycles. The first-order valence-electron chi connectivity index (χ1n) is 9.85. The minimum absolute atomic E-state index is 0.0395. The molecule has 2 fully saturated rings. The number of imide groups is 1. The number of hydrogen-bond donors (Lipinski definition) is 2. The second-order valence-electron chi connectivity index (χ2n) is 8.01. The topological polar surface area (TPSA) is 104 Å². The molecule has 1 heterocycles. The summed E-state index contributed by atoms with van der Waals surface area (Å²) in [4.78, 5) is 51.1. The molecule has 1 saturated carbocycles. The fourth-order valence-electron chi connectivity index (χ4n) is 4.92. The van der Waals surface area contributed by atoms with Gasteiger partial charge >= 0.3 is 5.97 Å². The number of anilines is 2. The van der Waals surface area contributed by atoms with Crippen LogP contribution in [-0.2, 0) is 9.59 Å². The Morgan fingerprint density at radius 1 is 0.968 bits per heavy atom. The zero-order chi connectivity index (χ0) is 21.9. The predicted octanol–water partition coefficient (Wildman–Crippen LogP) is 3.71. The number of allylic oxidation sites excluding steroid dienone is 2. The summed E-state index contributed by atoms with van der Waals surface area (Å²) in [5, 5.41) is 11.9. The molecule has 0 aromatic heterocycles. The third-order valence-electron chi connectivity index (χ3n) is 6.32. The third kappa shape index (κ3) is 3.09. The van der Waals surface area contributed by atoms with Crippen LogP contribution in [0.1, 0.15) is 27.1 Å². The normalized spacial score (nSPS) is 25.8. The summed E-state index contributed by atoms with van der Waals surface area (Å²) in [5.41, 5.74) is 0.854. The Kier molecular flexibility index (Phi) is 4.55. The lowest BCUT2D eigenvalue weighted by Gasteiger charge is -2.17. The van der Waals surface area contributed by atoms with E-state index in [-0.39, 0.29) is 52.3 Å². The number of benzene rings is 2. The molecule has 156 valence electrons. The van der Waals surface area contributed by atoms with E-state index in [1.54, 1.807) is 18.2 Å². The van der Waals surface area contributed by atoms with Crippen LogP contribution in [-0.4, -0.2) is 28.8 Å². The van der Waals surface area contributed by atoms with Crippen molar-refractivity contribution in [2.75, 3.05) is 10.2 Å². The van der Waals surface area contributed by atoms with Gasteiger partial charge in [-0.2, -0.15) is 0 Å². The van der Waals surface area contributed by atoms with Crippen molar-refractivity contribution < 1.29 is 24.3 Å². The van der Waals surface area contributed by atoms with Crippen LogP contribution in [0.2, 0.25) is 0 Å². The van der Waals surface area contributed by atoms with Crippen LogP contribution in [0.4, 0.5) is 11.4 Å². The summed E-state index contributed by atoms with van der Waals surface area (Å²) < 4.78 is 0.584. The Hall–Kier alpha value is -3.26. The molecule has 0 radical (unpaired) electrons. The fourth-order valence-corrected chi connectivity index (χ4v) is 5.28. The van der Waals surface area contributed by atoms with Crippen molar-refractivity contribution in [1.29, 1.82) is 0 Å². The number of carbonyl (C=O) groups is 4. The predicted molar refractivity (Wildman–Crippen MR) is 116 cm³/mol. The number of rotatable bonds is 4. The number of nitrogens with one attached hydrogen (secondary N) is 1. The Morgan fingerprint density at radius 3 is 2.16 bits per heavy atom. The molecule has 2 aromatic rings. The van der Waals surface area contributed by atoms with Gasteiger partial charge in [-0.3, -0.25) is 19.3 Å². The molecule has 2 aliphatic carbocycles. The van der Waals surface area contributed by atoms with Crippen LogP contribution >= 0.6 is 15.9 Å². The van der Waals surface area contributed by atoms with Crippen LogP contribution in [0.3, 0.4) is 0 Å². The molecule has 0 spiro atoms. The quantitative estimate of drug-likeness (QED) is 0.512. The Balaban J connectivity index is 1.35. The first-order chi connectivity index (χ1) is 14.8. The summed E-state index contributed by atoms with van der Waals surface area (Å²) in [6.45, 7) is 0. The Bertz CT molecular complexity index is 1140. The van der Waals surface area contributed by atoms with Crippen molar-refractivity contribution in [3.63, 3.8) is 0 Å². The number of amides is 3. The lowest BCUT2D eigenvalue weighted by Crippen LogP contribution is -2.32. The van der Waals surface area contributed by atoms with Gasteiger partial charge < -0.3 is 10.4 Å². The van der Waals surface area contributed by atoms with Gasteiger partial charge in [0, 0.05) is 10.0 Å². The van der Waals surface area contributed by atoms with Crippen molar-refractivity contribution in [3.05, 3.63) is 70.2 Å². The van der Waals surface area contributed by atoms with E-state index in [0.29, 0.717) is 10.2 Å². The standard InChI is InChI=1S/C23H17BrN2O5/c24-14-5-8-17(16(10-14)23(30)31)25-20(27)11-3-6-15(7-4-11)26-21(28)18-12-1-2-13(9-12)19(18)22(26)29/h1-8,10,12-13,18-19H,9H2,(H,25,27)(H,30,31). The minimum atomic E-state index is -1.16. The largest absolute Gasteiger partial charge is 0.478 e. The summed E-state index contributed by atoms with van der Waals surface area (Å²) in [6, 6.07) is 10.7. The number of nitrogens with zero attached hydrogens (tertiary/aromatic N) is 1. The first-order valence-corrected chi connectivity index (χ1v) is 10.6. The molecule has 4 unspecified atom stereocenters. The molecule has 2 N–H and O–H groups in total. The van der Waals surface area contributed by atoms with Crippen LogP contribution in [0.5, 0.6) is 0 Å². The van der Waals surface area contributed by atoms with E-state index in [1.165, 1.54) is 29.2 Å². The molecule has 3 amide bonds. The third-order valence-corrected chi connectivity index (χ3v) is 6.81. The Labute approximate surface area is 185 Å². The maximum Gasteiger partial charge on any atom is 0.337 e. The van der Waals surface area contributed by atoms with Gasteiger partial charge in [-0.1, -0.05) is 28.1 Å². The number of carboxylic acid groups (broad SMARTS) is 1. The number of carboxylic acids is 1. The van der Waals surface area contributed by atoms with Gasteiger partial charge in [-0.05, 0) is 60.7 Å². The van der Waals surface area contributed by atoms with E-state index < -0.39 is 11.9 Å². The second kappa shape index (κ2) is 7.16. The lowest BCUT2D eigenvalue weighted by atomic mass is 9.85. The van der Waals surface area contributed by atoms with Gasteiger partial charge in [0.15, 0.2) is 0 Å². The number of halogens is 1. The van der Waals surface area contributed by atoms with Crippen molar-refractivity contribution >= 4 is 51.0 Å². The highest BCUT2D eigenvalue weighted by molar-refractivity contribution is 9.10. The summed E-state index contributed by atoms with van der Waals surface area (Å²) in [5.74, 6) is -2.29. The maximum atomic E-state index is 12.9. The SMILES string of the molecule is O=C(Nc1ccc(Br)cc1C(=O)O)c1ccc(N2C(=O)C3C4C=CC(C4)C3C2=O)cc1. The van der Waals surface area contributed by atoms with Gasteiger partial charge in [-0.25, -0.2) is 4.79 Å². The number of carbonyl (C=O) groups excluding carboxylic acids is 3. The molecular weight excluding hydrogens is 464 g/mol. The molecule has 3 aliphatic rings. The Morgan fingerprint density at radius 2 is 1.58 bits per heavy atom. The van der Waals surface area contributed by atoms with E-state index in [1.807, 2.05) is 12.2 Å². The molecule has 2 aromatic carbocycles. The van der Waals surface area contributed by atoms with E-state index in [9.17, 15) is 24.3 Å². The van der Waals surface area contributed by atoms with Gasteiger partial charge in [-0.15, -0.1) is 0 Å². The fraction of sp³-hybridized carbons (Fsp3) is 0.217. The van der Waals surface area contributed by atoms with E-state index in [0.717, 1.165) is 6.42 Å². The van der Waals surface area contributed by atoms with Crippen LogP contribution in [0.25, 0.3) is 0 Å². The van der Waals surface area contributed by atoms with Gasteiger partial charge in [0.25, 0.3) is 5.91 Å². The second-order valence-corrected chi connectivity index (χ2v) is 8.92. The summed E-state index contributed by atoms with van der Waals surface area (Å²) in [7, 11) is 0. The monoisotopic (exact) mass is 480 g/mol. The highest BCUT2D eigenvalue weighted by Gasteiger charge is 2.59. The van der Waals surface area contributed by atoms with Crippen molar-refractivity contribution in [2.24, 2.45) is 23.7 Å². The van der Waals surface area contributed by atoms with Gasteiger partial charge in [0.1, 0.15) is 0 Å². The van der Waals surface area contributed by atoms with Crippen molar-refractivity contribution in [1.82, 2.24) is 0 Å². The van der Waals surface area contributed by atoms with Crippen molar-refractivity contribution in [3.8, 4) is 0 Å². The van der Waals surface area contributed by atoms with Gasteiger partial charge in [0.05, 0.1) is 28.8 Å². The summed E-state index contributed by atoms with van der Waals surface area (Å²) >= 11 is 3.21. The molecular formula is C23H17BrN2O5. The highest BCUT2D eigenvalue weighted by Crippen LogP contribution is 2.53. The molecule has 2 bridgehead atoms. The van der Waals surface area contributed by atoms with E-state index in [2.05, 4.69) is 21.2 Å². The molecule has 1 saturated heterocycles. The average molecular weight is 481 g/mol. The number of aromatic carboxylic acids is 1. The zero-order valence-electron chi connectivity index (χ0n) is 16.1. The smallest absolute Gasteiger partial charge is 0.337 e. The molecule has 8 heteroatoms. The number of fused-ring (bicyclic) bond motifs is 5. The highest BCUT2D eigenvalue weighted by atomic mass is 79.9. The maximum absolute atomic E-state index is 12.9. The summed E-state index contributed by atoms with van der Waals surface area (Å²) in [6.07, 6.45) is 4.96. The molecule has 7 nitrogen and oxygen atoms in total. The lowest BCUT2D eigenvalue weighted by molar-refractivity contribution is -0.123. The molecule has 4 atom stereocenters. The van der Waals surface area contributed by atoms with E-state index >= 15 is 0 Å². The van der Waals surface area contributed by atoms with Crippen LogP contribution in [0.15, 0.2) is 59.1 Å². The van der Waals surface area contributed by atoms with Crippen molar-refractivity contribution in [2.45, 2.75) is 6.42 Å². The zero-order valence-corrected chi connectivity index (χ0v) is 17.7. The average Bonchev–Trinajstić information content (AvgIpc) is 3.43. The van der Waals surface area contributed by atoms with Crippen LogP contribution < -0.4 is 10.2 Å². The first kappa shape index (κ1) is 19.7. The van der Waals surface area contributed by atoms with Gasteiger partial charge in [0.2, 0.25) is 11.8 Å².